The highest BCUT2D eigenvalue weighted by molar-refractivity contribution is 5.80. The molecule has 1 aliphatic heterocycles. The lowest BCUT2D eigenvalue weighted by molar-refractivity contribution is 0.0263. The Morgan fingerprint density at radius 2 is 1.96 bits per heavy atom. The van der Waals surface area contributed by atoms with E-state index in [0.29, 0.717) is 18.8 Å². The van der Waals surface area contributed by atoms with Crippen LogP contribution in [0, 0.1) is 0 Å². The monoisotopic (exact) mass is 374 g/mol. The Labute approximate surface area is 163 Å². The highest BCUT2D eigenvalue weighted by atomic mass is 16.5. The average Bonchev–Trinajstić information content (AvgIpc) is 3.19. The molecule has 1 N–H and O–H groups in total. The second-order valence-corrected chi connectivity index (χ2v) is 7.34. The number of nitrogens with one attached hydrogen (secondary N) is 1. The zero-order valence-corrected chi connectivity index (χ0v) is 16.8. The Morgan fingerprint density at radius 3 is 2.67 bits per heavy atom. The molecule has 3 rings (SSSR count). The van der Waals surface area contributed by atoms with Crippen molar-refractivity contribution in [3.05, 3.63) is 23.9 Å². The molecule has 6 nitrogen and oxygen atoms in total. The summed E-state index contributed by atoms with van der Waals surface area (Å²) in [5, 5.41) is 3.43. The van der Waals surface area contributed by atoms with Crippen molar-refractivity contribution < 1.29 is 9.47 Å². The minimum absolute atomic E-state index is 0.334. The summed E-state index contributed by atoms with van der Waals surface area (Å²) in [5.41, 5.74) is 1.14. The number of aromatic nitrogens is 1. The third-order valence-corrected chi connectivity index (χ3v) is 5.28. The van der Waals surface area contributed by atoms with E-state index in [1.165, 1.54) is 12.8 Å². The van der Waals surface area contributed by atoms with Crippen LogP contribution in [-0.2, 0) is 11.3 Å². The standard InChI is InChI=1S/C21H34N4O2/c1-3-22-21(25-13-10-18(11-14-25)26-4-2)24-16-17-9-12-23-20(15-17)27-19-7-5-6-8-19/h9,12,15,18-19H,3-8,10-11,13-14,16H2,1-2H3,(H,22,24). The van der Waals surface area contributed by atoms with E-state index >= 15 is 0 Å². The fraction of sp³-hybridized carbons (Fsp3) is 0.714. The molecule has 1 saturated carbocycles. The molecule has 1 aliphatic carbocycles. The topological polar surface area (TPSA) is 59.0 Å². The highest BCUT2D eigenvalue weighted by Crippen LogP contribution is 2.23. The fourth-order valence-electron chi connectivity index (χ4n) is 3.85. The number of hydrogen-bond donors (Lipinski definition) is 1. The molecule has 0 spiro atoms. The predicted octanol–water partition coefficient (Wildman–Crippen LogP) is 3.37. The molecule has 0 aromatic carbocycles. The lowest BCUT2D eigenvalue weighted by Gasteiger charge is -2.34. The van der Waals surface area contributed by atoms with E-state index in [4.69, 9.17) is 14.5 Å². The van der Waals surface area contributed by atoms with Gasteiger partial charge >= 0.3 is 0 Å². The molecule has 6 heteroatoms. The first-order chi connectivity index (χ1) is 13.3. The van der Waals surface area contributed by atoms with Crippen LogP contribution in [0.15, 0.2) is 23.3 Å². The van der Waals surface area contributed by atoms with Crippen molar-refractivity contribution in [2.24, 2.45) is 4.99 Å². The number of guanidine groups is 1. The van der Waals surface area contributed by atoms with Gasteiger partial charge in [0.25, 0.3) is 0 Å². The molecule has 150 valence electrons. The van der Waals surface area contributed by atoms with Crippen LogP contribution in [0.5, 0.6) is 5.88 Å². The zero-order chi connectivity index (χ0) is 18.9. The number of pyridine rings is 1. The fourth-order valence-corrected chi connectivity index (χ4v) is 3.85. The van der Waals surface area contributed by atoms with E-state index < -0.39 is 0 Å². The second kappa shape index (κ2) is 10.5. The maximum Gasteiger partial charge on any atom is 0.213 e. The molecule has 2 aliphatic rings. The van der Waals surface area contributed by atoms with Gasteiger partial charge < -0.3 is 19.7 Å². The van der Waals surface area contributed by atoms with E-state index in [0.717, 1.165) is 69.3 Å². The molecule has 0 bridgehead atoms. The highest BCUT2D eigenvalue weighted by Gasteiger charge is 2.21. The smallest absolute Gasteiger partial charge is 0.213 e. The maximum atomic E-state index is 6.02. The molecular weight excluding hydrogens is 340 g/mol. The molecule has 0 atom stereocenters. The first-order valence-corrected chi connectivity index (χ1v) is 10.5. The van der Waals surface area contributed by atoms with Gasteiger partial charge in [0.2, 0.25) is 5.88 Å². The van der Waals surface area contributed by atoms with E-state index in [2.05, 4.69) is 29.0 Å². The van der Waals surface area contributed by atoms with Gasteiger partial charge in [-0.3, -0.25) is 0 Å². The number of piperidine rings is 1. The first-order valence-electron chi connectivity index (χ1n) is 10.5. The largest absolute Gasteiger partial charge is 0.474 e. The summed E-state index contributed by atoms with van der Waals surface area (Å²) in [7, 11) is 0. The summed E-state index contributed by atoms with van der Waals surface area (Å²) in [5.74, 6) is 1.72. The Balaban J connectivity index is 1.58. The Morgan fingerprint density at radius 1 is 1.19 bits per heavy atom. The normalized spacial score (nSPS) is 19.5. The Hall–Kier alpha value is -1.82. The van der Waals surface area contributed by atoms with Crippen LogP contribution in [0.1, 0.15) is 57.9 Å². The molecular formula is C21H34N4O2. The van der Waals surface area contributed by atoms with E-state index in [1.807, 2.05) is 18.3 Å². The van der Waals surface area contributed by atoms with Crippen molar-refractivity contribution in [1.29, 1.82) is 0 Å². The minimum atomic E-state index is 0.334. The molecule has 1 saturated heterocycles. The van der Waals surface area contributed by atoms with Gasteiger partial charge in [0, 0.05) is 38.5 Å². The van der Waals surface area contributed by atoms with Gasteiger partial charge in [0.15, 0.2) is 5.96 Å². The van der Waals surface area contributed by atoms with Gasteiger partial charge in [0.1, 0.15) is 6.10 Å². The summed E-state index contributed by atoms with van der Waals surface area (Å²) in [6.45, 7) is 8.46. The number of hydrogen-bond acceptors (Lipinski definition) is 4. The third kappa shape index (κ3) is 6.09. The van der Waals surface area contributed by atoms with Crippen LogP contribution in [0.25, 0.3) is 0 Å². The number of ether oxygens (including phenoxy) is 2. The number of nitrogens with zero attached hydrogens (tertiary/aromatic N) is 3. The van der Waals surface area contributed by atoms with Crippen LogP contribution < -0.4 is 10.1 Å². The van der Waals surface area contributed by atoms with Gasteiger partial charge in [0.05, 0.1) is 12.6 Å². The van der Waals surface area contributed by atoms with Crippen molar-refractivity contribution in [1.82, 2.24) is 15.2 Å². The Kier molecular flexibility index (Phi) is 7.75. The zero-order valence-electron chi connectivity index (χ0n) is 16.8. The number of rotatable bonds is 7. The van der Waals surface area contributed by atoms with Gasteiger partial charge in [-0.2, -0.15) is 0 Å². The summed E-state index contributed by atoms with van der Waals surface area (Å²) >= 11 is 0. The summed E-state index contributed by atoms with van der Waals surface area (Å²) < 4.78 is 11.8. The van der Waals surface area contributed by atoms with Gasteiger partial charge in [-0.25, -0.2) is 9.98 Å². The molecule has 0 amide bonds. The van der Waals surface area contributed by atoms with Crippen LogP contribution >= 0.6 is 0 Å². The van der Waals surface area contributed by atoms with Crippen LogP contribution in [0.2, 0.25) is 0 Å². The van der Waals surface area contributed by atoms with Crippen molar-refractivity contribution in [2.45, 2.75) is 71.1 Å². The summed E-state index contributed by atoms with van der Waals surface area (Å²) in [6.07, 6.45) is 9.50. The summed E-state index contributed by atoms with van der Waals surface area (Å²) in [6, 6.07) is 4.06. The molecule has 0 radical (unpaired) electrons. The van der Waals surface area contributed by atoms with Crippen LogP contribution in [0.3, 0.4) is 0 Å². The molecule has 0 unspecified atom stereocenters. The van der Waals surface area contributed by atoms with Gasteiger partial charge in [-0.05, 0) is 64.0 Å². The van der Waals surface area contributed by atoms with E-state index in [9.17, 15) is 0 Å². The molecule has 2 heterocycles. The lowest BCUT2D eigenvalue weighted by Crippen LogP contribution is -2.47. The van der Waals surface area contributed by atoms with Gasteiger partial charge in [-0.15, -0.1) is 0 Å². The average molecular weight is 375 g/mol. The summed E-state index contributed by atoms with van der Waals surface area (Å²) in [4.78, 5) is 11.6. The number of likely N-dealkylation sites (tertiary alicyclic amines) is 1. The quantitative estimate of drug-likeness (QED) is 0.586. The van der Waals surface area contributed by atoms with E-state index in [-0.39, 0.29) is 0 Å². The molecule has 1 aromatic rings. The van der Waals surface area contributed by atoms with Gasteiger partial charge in [-0.1, -0.05) is 0 Å². The van der Waals surface area contributed by atoms with Crippen molar-refractivity contribution in [3.63, 3.8) is 0 Å². The number of aliphatic imine (C=N–C) groups is 1. The Bertz CT molecular complexity index is 594. The maximum absolute atomic E-state index is 6.02. The van der Waals surface area contributed by atoms with Crippen molar-refractivity contribution >= 4 is 5.96 Å². The first kappa shape index (κ1) is 19.9. The van der Waals surface area contributed by atoms with Crippen molar-refractivity contribution in [3.8, 4) is 5.88 Å². The van der Waals surface area contributed by atoms with Crippen LogP contribution in [-0.4, -0.2) is 54.3 Å². The van der Waals surface area contributed by atoms with Crippen LogP contribution in [0.4, 0.5) is 0 Å². The predicted molar refractivity (Wildman–Crippen MR) is 108 cm³/mol. The molecule has 27 heavy (non-hydrogen) atoms. The SMILES string of the molecule is CCNC(=NCc1ccnc(OC2CCCC2)c1)N1CCC(OCC)CC1. The second-order valence-electron chi connectivity index (χ2n) is 7.34. The minimum Gasteiger partial charge on any atom is -0.474 e. The third-order valence-electron chi connectivity index (χ3n) is 5.28. The lowest BCUT2D eigenvalue weighted by atomic mass is 10.1. The molecule has 1 aromatic heterocycles. The molecule has 2 fully saturated rings. The van der Waals surface area contributed by atoms with E-state index in [1.54, 1.807) is 0 Å². The van der Waals surface area contributed by atoms with Crippen molar-refractivity contribution in [2.75, 3.05) is 26.2 Å².